The lowest BCUT2D eigenvalue weighted by Crippen LogP contribution is -2.26. The molecule has 0 aromatic heterocycles. The van der Waals surface area contributed by atoms with Gasteiger partial charge in [-0.1, -0.05) is 19.7 Å². The zero-order valence-electron chi connectivity index (χ0n) is 13.4. The Morgan fingerprint density at radius 1 is 0.739 bits per heavy atom. The van der Waals surface area contributed by atoms with E-state index in [-0.39, 0.29) is 0 Å². The van der Waals surface area contributed by atoms with Crippen molar-refractivity contribution < 1.29 is 32.5 Å². The van der Waals surface area contributed by atoms with Crippen molar-refractivity contribution in [2.24, 2.45) is 0 Å². The molecular formula is C15H21O7P. The molecule has 7 nitrogen and oxygen atoms in total. The molecule has 0 heterocycles. The Hall–Kier alpha value is -1.66. The van der Waals surface area contributed by atoms with Crippen molar-refractivity contribution in [3.05, 3.63) is 38.0 Å². The van der Waals surface area contributed by atoms with Gasteiger partial charge in [-0.2, -0.15) is 0 Å². The molecule has 128 valence electrons. The molecule has 0 bridgehead atoms. The minimum absolute atomic E-state index is 0.567. The quantitative estimate of drug-likeness (QED) is 0.396. The predicted octanol–water partition coefficient (Wildman–Crippen LogP) is 2.58. The van der Waals surface area contributed by atoms with Gasteiger partial charge in [0, 0.05) is 0 Å². The maximum absolute atomic E-state index is 12.7. The van der Waals surface area contributed by atoms with Crippen molar-refractivity contribution >= 4 is 25.2 Å². The number of hydrogen-bond donors (Lipinski definition) is 0. The van der Waals surface area contributed by atoms with Crippen molar-refractivity contribution in [2.75, 3.05) is 0 Å². The first-order valence-electron chi connectivity index (χ1n) is 6.74. The minimum Gasteiger partial charge on any atom is -0.292 e. The van der Waals surface area contributed by atoms with Crippen LogP contribution >= 0.6 is 7.82 Å². The molecule has 0 aliphatic heterocycles. The summed E-state index contributed by atoms with van der Waals surface area (Å²) in [6, 6.07) is 0. The summed E-state index contributed by atoms with van der Waals surface area (Å²) in [6.07, 6.45) is -0.663. The summed E-state index contributed by atoms with van der Waals surface area (Å²) >= 11 is 0. The Morgan fingerprint density at radius 2 is 0.957 bits per heavy atom. The lowest BCUT2D eigenvalue weighted by Gasteiger charge is -2.24. The fourth-order valence-corrected chi connectivity index (χ4v) is 2.93. The number of carbonyl (C=O) groups is 3. The smallest absolute Gasteiger partial charge is 0.292 e. The Bertz CT molecular complexity index is 476. The SMILES string of the molecule is C=CC(=O)C(C)OP(=O)(OC(C)C(=O)C=C)OC(C)C(=O)C=C. The highest BCUT2D eigenvalue weighted by atomic mass is 31.2. The summed E-state index contributed by atoms with van der Waals surface area (Å²) in [5, 5.41) is 0. The average Bonchev–Trinajstić information content (AvgIpc) is 2.51. The van der Waals surface area contributed by atoms with Gasteiger partial charge in [0.1, 0.15) is 18.3 Å². The third kappa shape index (κ3) is 6.97. The molecule has 0 spiro atoms. The molecule has 0 aromatic carbocycles. The topological polar surface area (TPSA) is 96.0 Å². The van der Waals surface area contributed by atoms with Crippen LogP contribution < -0.4 is 0 Å². The maximum atomic E-state index is 12.7. The van der Waals surface area contributed by atoms with Gasteiger partial charge in [-0.15, -0.1) is 0 Å². The third-order valence-electron chi connectivity index (χ3n) is 2.67. The van der Waals surface area contributed by atoms with E-state index >= 15 is 0 Å². The van der Waals surface area contributed by atoms with E-state index < -0.39 is 43.5 Å². The van der Waals surface area contributed by atoms with Crippen LogP contribution in [0.25, 0.3) is 0 Å². The minimum atomic E-state index is -4.39. The first-order chi connectivity index (χ1) is 10.6. The number of rotatable bonds is 12. The summed E-state index contributed by atoms with van der Waals surface area (Å²) in [5.41, 5.74) is 0. The van der Waals surface area contributed by atoms with Crippen LogP contribution in [0, 0.1) is 0 Å². The van der Waals surface area contributed by atoms with E-state index in [4.69, 9.17) is 13.6 Å². The highest BCUT2D eigenvalue weighted by Crippen LogP contribution is 2.53. The lowest BCUT2D eigenvalue weighted by molar-refractivity contribution is -0.125. The van der Waals surface area contributed by atoms with E-state index in [2.05, 4.69) is 19.7 Å². The monoisotopic (exact) mass is 344 g/mol. The fraction of sp³-hybridized carbons (Fsp3) is 0.400. The zero-order valence-corrected chi connectivity index (χ0v) is 14.3. The average molecular weight is 344 g/mol. The first kappa shape index (κ1) is 21.3. The Balaban J connectivity index is 5.36. The van der Waals surface area contributed by atoms with Crippen molar-refractivity contribution in [1.29, 1.82) is 0 Å². The van der Waals surface area contributed by atoms with Crippen LogP contribution in [0.4, 0.5) is 0 Å². The van der Waals surface area contributed by atoms with Gasteiger partial charge in [0.2, 0.25) is 0 Å². The molecule has 0 N–H and O–H groups in total. The maximum Gasteiger partial charge on any atom is 0.476 e. The molecule has 3 unspecified atom stereocenters. The van der Waals surface area contributed by atoms with Crippen LogP contribution in [-0.4, -0.2) is 35.7 Å². The second kappa shape index (κ2) is 9.47. The molecule has 0 aliphatic carbocycles. The predicted molar refractivity (Wildman–Crippen MR) is 84.9 cm³/mol. The van der Waals surface area contributed by atoms with E-state index in [0.29, 0.717) is 0 Å². The van der Waals surface area contributed by atoms with Crippen molar-refractivity contribution in [2.45, 2.75) is 39.1 Å². The molecule has 0 saturated heterocycles. The molecule has 0 radical (unpaired) electrons. The summed E-state index contributed by atoms with van der Waals surface area (Å²) < 4.78 is 27.8. The standard InChI is InChI=1S/C15H21O7P/c1-7-13(16)10(4)20-23(19,21-11(5)14(17)8-2)22-12(6)15(18)9-3/h7-12H,1-3H2,4-6H3. The van der Waals surface area contributed by atoms with Gasteiger partial charge in [0.15, 0.2) is 17.3 Å². The van der Waals surface area contributed by atoms with Gasteiger partial charge in [0.05, 0.1) is 0 Å². The number of phosphoric ester groups is 1. The Labute approximate surface area is 135 Å². The summed E-state index contributed by atoms with van der Waals surface area (Å²) in [6.45, 7) is 13.8. The number of carbonyl (C=O) groups excluding carboxylic acids is 3. The molecule has 0 rings (SSSR count). The molecule has 0 aliphatic rings. The lowest BCUT2D eigenvalue weighted by atomic mass is 10.3. The molecule has 8 heteroatoms. The molecule has 23 heavy (non-hydrogen) atoms. The first-order valence-corrected chi connectivity index (χ1v) is 8.20. The van der Waals surface area contributed by atoms with Crippen LogP contribution in [-0.2, 0) is 32.5 Å². The van der Waals surface area contributed by atoms with E-state index in [1.165, 1.54) is 20.8 Å². The van der Waals surface area contributed by atoms with Gasteiger partial charge in [-0.3, -0.25) is 28.0 Å². The second-order valence-electron chi connectivity index (χ2n) is 4.51. The van der Waals surface area contributed by atoms with Gasteiger partial charge in [-0.25, -0.2) is 4.57 Å². The third-order valence-corrected chi connectivity index (χ3v) is 4.39. The van der Waals surface area contributed by atoms with Crippen LogP contribution in [0.3, 0.4) is 0 Å². The summed E-state index contributed by atoms with van der Waals surface area (Å²) in [4.78, 5) is 34.5. The molecule has 0 saturated carbocycles. The highest BCUT2D eigenvalue weighted by Gasteiger charge is 2.37. The van der Waals surface area contributed by atoms with Gasteiger partial charge in [0.25, 0.3) is 0 Å². The number of ketones is 3. The Morgan fingerprint density at radius 3 is 1.13 bits per heavy atom. The van der Waals surface area contributed by atoms with E-state index in [1.807, 2.05) is 0 Å². The molecular weight excluding hydrogens is 323 g/mol. The van der Waals surface area contributed by atoms with Gasteiger partial charge in [-0.05, 0) is 39.0 Å². The van der Waals surface area contributed by atoms with Crippen LogP contribution in [0.15, 0.2) is 38.0 Å². The van der Waals surface area contributed by atoms with Gasteiger partial charge < -0.3 is 0 Å². The second-order valence-corrected chi connectivity index (χ2v) is 6.04. The normalized spacial score (nSPS) is 17.2. The van der Waals surface area contributed by atoms with Crippen LogP contribution in [0.2, 0.25) is 0 Å². The largest absolute Gasteiger partial charge is 0.476 e. The zero-order chi connectivity index (χ0) is 18.2. The Kier molecular flexibility index (Phi) is 8.79. The fourth-order valence-electron chi connectivity index (χ4n) is 1.31. The van der Waals surface area contributed by atoms with Crippen molar-refractivity contribution in [3.63, 3.8) is 0 Å². The highest BCUT2D eigenvalue weighted by molar-refractivity contribution is 7.48. The summed E-state index contributed by atoms with van der Waals surface area (Å²) in [5.74, 6) is -1.70. The summed E-state index contributed by atoms with van der Waals surface area (Å²) in [7, 11) is -4.39. The number of phosphoric acid groups is 1. The van der Waals surface area contributed by atoms with E-state index in [9.17, 15) is 18.9 Å². The van der Waals surface area contributed by atoms with Crippen LogP contribution in [0.1, 0.15) is 20.8 Å². The number of hydrogen-bond acceptors (Lipinski definition) is 7. The molecule has 0 aromatic rings. The molecule has 0 amide bonds. The molecule has 0 fully saturated rings. The van der Waals surface area contributed by atoms with Crippen molar-refractivity contribution in [3.8, 4) is 0 Å². The van der Waals surface area contributed by atoms with Gasteiger partial charge >= 0.3 is 7.82 Å². The molecule has 3 atom stereocenters. The van der Waals surface area contributed by atoms with E-state index in [0.717, 1.165) is 18.2 Å². The van der Waals surface area contributed by atoms with Crippen LogP contribution in [0.5, 0.6) is 0 Å². The van der Waals surface area contributed by atoms with E-state index in [1.54, 1.807) is 0 Å². The van der Waals surface area contributed by atoms with Crippen molar-refractivity contribution in [1.82, 2.24) is 0 Å².